The lowest BCUT2D eigenvalue weighted by atomic mass is 9.85. The summed E-state index contributed by atoms with van der Waals surface area (Å²) in [6, 6.07) is 5.62. The molecule has 26 heavy (non-hydrogen) atoms. The smallest absolute Gasteiger partial charge is 0.270 e. The number of hydrogen-bond acceptors (Lipinski definition) is 3. The predicted octanol–water partition coefficient (Wildman–Crippen LogP) is 3.09. The van der Waals surface area contributed by atoms with Crippen LogP contribution in [0.3, 0.4) is 0 Å². The van der Waals surface area contributed by atoms with E-state index in [1.807, 2.05) is 0 Å². The molecule has 6 heteroatoms. The molecule has 1 aliphatic heterocycles. The molecule has 1 saturated carbocycles. The van der Waals surface area contributed by atoms with Gasteiger partial charge in [0.1, 0.15) is 11.5 Å². The third kappa shape index (κ3) is 3.38. The minimum Gasteiger partial charge on any atom is -0.376 e. The Morgan fingerprint density at radius 1 is 1.23 bits per heavy atom. The number of aromatic amines is 1. The number of nitrogens with one attached hydrogen (secondary N) is 1. The molecule has 4 rings (SSSR count). The maximum atomic E-state index is 14.1. The zero-order valence-corrected chi connectivity index (χ0v) is 14.7. The number of nitrogens with zero attached hydrogens (tertiary/aromatic N) is 1. The van der Waals surface area contributed by atoms with Crippen molar-refractivity contribution in [2.45, 2.75) is 38.2 Å². The highest BCUT2D eigenvalue weighted by molar-refractivity contribution is 5.95. The largest absolute Gasteiger partial charge is 0.376 e. The fourth-order valence-electron chi connectivity index (χ4n) is 3.78. The first-order chi connectivity index (χ1) is 12.6. The molecule has 1 saturated heterocycles. The van der Waals surface area contributed by atoms with Gasteiger partial charge in [-0.1, -0.05) is 12.5 Å². The molecule has 2 aliphatic rings. The van der Waals surface area contributed by atoms with Crippen LogP contribution in [0.5, 0.6) is 0 Å². The number of para-hydroxylation sites is 1. The van der Waals surface area contributed by atoms with E-state index < -0.39 is 5.82 Å². The number of carbonyl (C=O) groups excluding carboxylic acids is 1. The van der Waals surface area contributed by atoms with Gasteiger partial charge in [-0.2, -0.15) is 0 Å². The van der Waals surface area contributed by atoms with Crippen LogP contribution in [-0.2, 0) is 4.74 Å². The summed E-state index contributed by atoms with van der Waals surface area (Å²) in [5.74, 6) is -0.280. The van der Waals surface area contributed by atoms with Crippen molar-refractivity contribution < 1.29 is 13.9 Å². The van der Waals surface area contributed by atoms with E-state index >= 15 is 0 Å². The minimum absolute atomic E-state index is 0.0444. The summed E-state index contributed by atoms with van der Waals surface area (Å²) in [5, 5.41) is 0.256. The van der Waals surface area contributed by atoms with Crippen LogP contribution in [0.25, 0.3) is 10.9 Å². The average Bonchev–Trinajstić information content (AvgIpc) is 3.10. The second-order valence-corrected chi connectivity index (χ2v) is 7.35. The maximum absolute atomic E-state index is 14.1. The number of H-pyrrole nitrogens is 1. The number of carbonyl (C=O) groups is 1. The first-order valence-electron chi connectivity index (χ1n) is 9.34. The van der Waals surface area contributed by atoms with Gasteiger partial charge in [-0.25, -0.2) is 4.39 Å². The van der Waals surface area contributed by atoms with Gasteiger partial charge in [-0.3, -0.25) is 9.59 Å². The van der Waals surface area contributed by atoms with Crippen molar-refractivity contribution in [3.05, 3.63) is 46.0 Å². The fourth-order valence-corrected chi connectivity index (χ4v) is 3.78. The van der Waals surface area contributed by atoms with Gasteiger partial charge >= 0.3 is 0 Å². The Balaban J connectivity index is 1.64. The standard InChI is InChI=1S/C20H23FN2O3/c21-16-8-2-7-15-18(24)10-17(22-19(15)16)20(25)23(11-13-4-1-5-13)12-14-6-3-9-26-14/h2,7-8,10,13-14H,1,3-6,9,11-12H2,(H,22,24)/t14-/m0/s1. The first-order valence-corrected chi connectivity index (χ1v) is 9.34. The number of benzene rings is 1. The fraction of sp³-hybridized carbons (Fsp3) is 0.500. The molecule has 1 amide bonds. The normalized spacial score (nSPS) is 20.3. The van der Waals surface area contributed by atoms with Crippen molar-refractivity contribution in [3.63, 3.8) is 0 Å². The molecular formula is C20H23FN2O3. The van der Waals surface area contributed by atoms with E-state index in [0.717, 1.165) is 32.3 Å². The van der Waals surface area contributed by atoms with Crippen LogP contribution >= 0.6 is 0 Å². The van der Waals surface area contributed by atoms with E-state index in [1.165, 1.54) is 24.6 Å². The first kappa shape index (κ1) is 17.2. The molecule has 1 aromatic heterocycles. The van der Waals surface area contributed by atoms with Crippen LogP contribution in [-0.4, -0.2) is 41.6 Å². The predicted molar refractivity (Wildman–Crippen MR) is 96.7 cm³/mol. The highest BCUT2D eigenvalue weighted by atomic mass is 19.1. The highest BCUT2D eigenvalue weighted by Gasteiger charge is 2.28. The van der Waals surface area contributed by atoms with Crippen molar-refractivity contribution >= 4 is 16.8 Å². The van der Waals surface area contributed by atoms with Gasteiger partial charge in [-0.05, 0) is 43.7 Å². The second-order valence-electron chi connectivity index (χ2n) is 7.35. The van der Waals surface area contributed by atoms with Crippen molar-refractivity contribution in [1.29, 1.82) is 0 Å². The van der Waals surface area contributed by atoms with E-state index in [4.69, 9.17) is 4.74 Å². The molecule has 1 aromatic carbocycles. The molecule has 2 fully saturated rings. The Morgan fingerprint density at radius 3 is 2.77 bits per heavy atom. The molecule has 0 radical (unpaired) electrons. The van der Waals surface area contributed by atoms with Crippen LogP contribution in [0.2, 0.25) is 0 Å². The molecule has 138 valence electrons. The highest BCUT2D eigenvalue weighted by Crippen LogP contribution is 2.28. The Bertz CT molecular complexity index is 869. The van der Waals surface area contributed by atoms with E-state index in [9.17, 15) is 14.0 Å². The molecule has 0 bridgehead atoms. The van der Waals surface area contributed by atoms with Crippen molar-refractivity contribution in [3.8, 4) is 0 Å². The van der Waals surface area contributed by atoms with E-state index in [2.05, 4.69) is 4.98 Å². The summed E-state index contributed by atoms with van der Waals surface area (Å²) < 4.78 is 19.8. The molecule has 1 aliphatic carbocycles. The zero-order chi connectivity index (χ0) is 18.1. The molecule has 2 aromatic rings. The summed E-state index contributed by atoms with van der Waals surface area (Å²) in [5.41, 5.74) is -0.115. The number of aromatic nitrogens is 1. The quantitative estimate of drug-likeness (QED) is 0.893. The van der Waals surface area contributed by atoms with Crippen molar-refractivity contribution in [2.75, 3.05) is 19.7 Å². The SMILES string of the molecule is O=C(c1cc(=O)c2cccc(F)c2[nH]1)N(CC1CCC1)C[C@@H]1CCCO1. The summed E-state index contributed by atoms with van der Waals surface area (Å²) >= 11 is 0. The second kappa shape index (κ2) is 7.19. The Kier molecular flexibility index (Phi) is 4.76. The molecule has 1 atom stereocenters. The number of pyridine rings is 1. The molecule has 2 heterocycles. The van der Waals surface area contributed by atoms with Crippen LogP contribution in [0.15, 0.2) is 29.1 Å². The van der Waals surface area contributed by atoms with Crippen molar-refractivity contribution in [2.24, 2.45) is 5.92 Å². The van der Waals surface area contributed by atoms with Gasteiger partial charge in [0, 0.05) is 31.1 Å². The molecule has 5 nitrogen and oxygen atoms in total. The lowest BCUT2D eigenvalue weighted by molar-refractivity contribution is 0.0444. The van der Waals surface area contributed by atoms with E-state index in [1.54, 1.807) is 11.0 Å². The Hall–Kier alpha value is -2.21. The lowest BCUT2D eigenvalue weighted by Crippen LogP contribution is -2.42. The monoisotopic (exact) mass is 358 g/mol. The van der Waals surface area contributed by atoms with Crippen LogP contribution in [0.1, 0.15) is 42.6 Å². The van der Waals surface area contributed by atoms with Crippen LogP contribution < -0.4 is 5.43 Å². The van der Waals surface area contributed by atoms with E-state index in [0.29, 0.717) is 19.0 Å². The van der Waals surface area contributed by atoms with Gasteiger partial charge in [-0.15, -0.1) is 0 Å². The topological polar surface area (TPSA) is 62.4 Å². The third-order valence-corrected chi connectivity index (χ3v) is 5.48. The zero-order valence-electron chi connectivity index (χ0n) is 14.7. The Morgan fingerprint density at radius 2 is 2.08 bits per heavy atom. The van der Waals surface area contributed by atoms with Gasteiger partial charge < -0.3 is 14.6 Å². The van der Waals surface area contributed by atoms with Gasteiger partial charge in [0.05, 0.1) is 11.6 Å². The summed E-state index contributed by atoms with van der Waals surface area (Å²) in [7, 11) is 0. The molecule has 0 spiro atoms. The van der Waals surface area contributed by atoms with Gasteiger partial charge in [0.15, 0.2) is 5.43 Å². The number of hydrogen-bond donors (Lipinski definition) is 1. The number of fused-ring (bicyclic) bond motifs is 1. The van der Waals surface area contributed by atoms with E-state index in [-0.39, 0.29) is 34.0 Å². The molecule has 0 unspecified atom stereocenters. The minimum atomic E-state index is -0.529. The van der Waals surface area contributed by atoms with Crippen LogP contribution in [0, 0.1) is 11.7 Å². The number of ether oxygens (including phenoxy) is 1. The summed E-state index contributed by atoms with van der Waals surface area (Å²) in [6.07, 6.45) is 5.44. The molecule has 1 N–H and O–H groups in total. The summed E-state index contributed by atoms with van der Waals surface area (Å²) in [4.78, 5) is 30.0. The van der Waals surface area contributed by atoms with Crippen molar-refractivity contribution in [1.82, 2.24) is 9.88 Å². The number of halogens is 1. The molecular weight excluding hydrogens is 335 g/mol. The number of amides is 1. The third-order valence-electron chi connectivity index (χ3n) is 5.48. The average molecular weight is 358 g/mol. The lowest BCUT2D eigenvalue weighted by Gasteiger charge is -2.33. The Labute approximate surface area is 151 Å². The van der Waals surface area contributed by atoms with Gasteiger partial charge in [0.25, 0.3) is 5.91 Å². The van der Waals surface area contributed by atoms with Gasteiger partial charge in [0.2, 0.25) is 0 Å². The summed E-state index contributed by atoms with van der Waals surface area (Å²) in [6.45, 7) is 1.91. The number of rotatable bonds is 5. The van der Waals surface area contributed by atoms with Crippen LogP contribution in [0.4, 0.5) is 4.39 Å². The maximum Gasteiger partial charge on any atom is 0.270 e.